The second-order valence-electron chi connectivity index (χ2n) is 14.5. The lowest BCUT2D eigenvalue weighted by Crippen LogP contribution is -2.57. The number of Topliss-reactive ketones (excluding diaryl/α,β-unsaturated/α-hetero) is 2. The lowest BCUT2D eigenvalue weighted by atomic mass is 9.42. The van der Waals surface area contributed by atoms with E-state index in [0.29, 0.717) is 40.7 Å². The van der Waals surface area contributed by atoms with Crippen molar-refractivity contribution in [3.63, 3.8) is 0 Å². The Bertz CT molecular complexity index is 877. The van der Waals surface area contributed by atoms with E-state index in [9.17, 15) is 9.59 Å². The van der Waals surface area contributed by atoms with Gasteiger partial charge in [0.1, 0.15) is 11.6 Å². The third kappa shape index (κ3) is 2.83. The number of carbonyl (C=O) groups excluding carboxylic acids is 2. The van der Waals surface area contributed by atoms with Gasteiger partial charge in [0.2, 0.25) is 0 Å². The minimum atomic E-state index is -0.192. The van der Waals surface area contributed by atoms with Gasteiger partial charge in [-0.3, -0.25) is 9.59 Å². The van der Waals surface area contributed by atoms with Crippen molar-refractivity contribution in [2.45, 2.75) is 113 Å². The van der Waals surface area contributed by atoms with Gasteiger partial charge in [-0.25, -0.2) is 0 Å². The van der Waals surface area contributed by atoms with Gasteiger partial charge in [-0.15, -0.1) is 0 Å². The number of fused-ring (bicyclic) bond motifs is 6. The summed E-state index contributed by atoms with van der Waals surface area (Å²) in [6, 6.07) is 0. The average molecular weight is 439 g/mol. The van der Waals surface area contributed by atoms with Crippen molar-refractivity contribution >= 4 is 11.6 Å². The molecular formula is C30H46O2. The maximum Gasteiger partial charge on any atom is 0.138 e. The molecular weight excluding hydrogens is 392 g/mol. The number of hydrogen-bond donors (Lipinski definition) is 0. The van der Waals surface area contributed by atoms with Crippen molar-refractivity contribution in [3.8, 4) is 0 Å². The lowest BCUT2D eigenvalue weighted by Gasteiger charge is -2.62. The Balaban J connectivity index is 1.52. The van der Waals surface area contributed by atoms with Gasteiger partial charge in [0.25, 0.3) is 0 Å². The fourth-order valence-corrected chi connectivity index (χ4v) is 10.6. The molecule has 0 aliphatic heterocycles. The molecule has 0 unspecified atom stereocenters. The molecule has 0 aromatic carbocycles. The molecule has 0 aromatic heterocycles. The summed E-state index contributed by atoms with van der Waals surface area (Å²) in [6.45, 7) is 16.6. The average Bonchev–Trinajstić information content (AvgIpc) is 2.86. The van der Waals surface area contributed by atoms with Crippen LogP contribution in [0.4, 0.5) is 0 Å². The minimum absolute atomic E-state index is 0.169. The summed E-state index contributed by atoms with van der Waals surface area (Å²) in [4.78, 5) is 25.7. The largest absolute Gasteiger partial charge is 0.299 e. The Labute approximate surface area is 196 Å². The molecule has 0 saturated heterocycles. The van der Waals surface area contributed by atoms with Gasteiger partial charge in [0, 0.05) is 23.7 Å². The first-order valence-corrected chi connectivity index (χ1v) is 13.5. The monoisotopic (exact) mass is 438 g/mol. The Morgan fingerprint density at radius 3 is 1.94 bits per heavy atom. The Morgan fingerprint density at radius 1 is 0.688 bits per heavy atom. The highest BCUT2D eigenvalue weighted by Gasteiger charge is 2.63. The third-order valence-electron chi connectivity index (χ3n) is 12.4. The maximum atomic E-state index is 12.9. The normalized spacial score (nSPS) is 49.7. The number of carbonyl (C=O) groups is 2. The van der Waals surface area contributed by atoms with Gasteiger partial charge in [-0.05, 0) is 91.3 Å². The Hall–Kier alpha value is -0.920. The molecule has 5 rings (SSSR count). The highest BCUT2D eigenvalue weighted by Crippen LogP contribution is 2.69. The second kappa shape index (κ2) is 6.82. The van der Waals surface area contributed by atoms with E-state index < -0.39 is 0 Å². The van der Waals surface area contributed by atoms with E-state index in [4.69, 9.17) is 0 Å². The third-order valence-corrected chi connectivity index (χ3v) is 12.4. The predicted octanol–water partition coefficient (Wildman–Crippen LogP) is 7.56. The zero-order valence-electron chi connectivity index (χ0n) is 21.8. The molecule has 2 heteroatoms. The molecule has 0 aromatic rings. The lowest BCUT2D eigenvalue weighted by molar-refractivity contribution is -0.159. The first-order chi connectivity index (χ1) is 14.8. The van der Waals surface area contributed by atoms with Gasteiger partial charge >= 0.3 is 0 Å². The van der Waals surface area contributed by atoms with Gasteiger partial charge in [0.05, 0.1) is 0 Å². The molecule has 0 N–H and O–H groups in total. The van der Waals surface area contributed by atoms with Crippen LogP contribution in [0.1, 0.15) is 113 Å². The van der Waals surface area contributed by atoms with Crippen LogP contribution in [0.15, 0.2) is 11.6 Å². The van der Waals surface area contributed by atoms with Crippen LogP contribution in [0, 0.1) is 50.7 Å². The molecule has 2 nitrogen and oxygen atoms in total. The highest BCUT2D eigenvalue weighted by molar-refractivity contribution is 5.86. The van der Waals surface area contributed by atoms with Crippen LogP contribution in [0.3, 0.4) is 0 Å². The molecule has 4 fully saturated rings. The molecule has 5 aliphatic rings. The number of allylic oxidation sites excluding steroid dienone is 2. The van der Waals surface area contributed by atoms with E-state index in [-0.39, 0.29) is 21.7 Å². The predicted molar refractivity (Wildman–Crippen MR) is 130 cm³/mol. The topological polar surface area (TPSA) is 34.1 Å². The van der Waals surface area contributed by atoms with Crippen molar-refractivity contribution in [1.29, 1.82) is 0 Å². The summed E-state index contributed by atoms with van der Waals surface area (Å²) in [5, 5.41) is 0. The van der Waals surface area contributed by atoms with E-state index in [1.165, 1.54) is 32.1 Å². The number of rotatable bonds is 0. The molecule has 0 heterocycles. The van der Waals surface area contributed by atoms with Crippen molar-refractivity contribution in [1.82, 2.24) is 0 Å². The SMILES string of the molecule is CC1(C)C(=O)CC[C@@]2(C)[C@@H]1CC=C1C[C@]3(C)CC[C@@H]4C(C)(C)C(=O)CC[C@]4(C)[C@H]3CC[C@@H]12. The van der Waals surface area contributed by atoms with Crippen LogP contribution in [0.5, 0.6) is 0 Å². The number of ketones is 2. The number of hydrogen-bond acceptors (Lipinski definition) is 2. The van der Waals surface area contributed by atoms with Crippen LogP contribution >= 0.6 is 0 Å². The smallest absolute Gasteiger partial charge is 0.138 e. The fourth-order valence-electron chi connectivity index (χ4n) is 10.6. The maximum absolute atomic E-state index is 12.9. The van der Waals surface area contributed by atoms with Gasteiger partial charge in [-0.1, -0.05) is 60.1 Å². The summed E-state index contributed by atoms with van der Waals surface area (Å²) < 4.78 is 0. The summed E-state index contributed by atoms with van der Waals surface area (Å²) in [5.41, 5.74) is 2.26. The summed E-state index contributed by atoms with van der Waals surface area (Å²) in [7, 11) is 0. The van der Waals surface area contributed by atoms with Crippen molar-refractivity contribution in [2.75, 3.05) is 0 Å². The van der Waals surface area contributed by atoms with Crippen molar-refractivity contribution in [2.24, 2.45) is 50.7 Å². The molecule has 178 valence electrons. The van der Waals surface area contributed by atoms with Gasteiger partial charge in [-0.2, -0.15) is 0 Å². The van der Waals surface area contributed by atoms with Crippen LogP contribution in [0.25, 0.3) is 0 Å². The quantitative estimate of drug-likeness (QED) is 0.366. The molecule has 0 amide bonds. The second-order valence-corrected chi connectivity index (χ2v) is 14.5. The van der Waals surface area contributed by atoms with E-state index in [2.05, 4.69) is 54.5 Å². The van der Waals surface area contributed by atoms with E-state index in [0.717, 1.165) is 32.1 Å². The molecule has 7 atom stereocenters. The van der Waals surface area contributed by atoms with Crippen LogP contribution in [0.2, 0.25) is 0 Å². The van der Waals surface area contributed by atoms with Crippen molar-refractivity contribution < 1.29 is 9.59 Å². The van der Waals surface area contributed by atoms with E-state index in [1.807, 2.05) is 0 Å². The first kappa shape index (κ1) is 22.9. The van der Waals surface area contributed by atoms with Crippen LogP contribution in [-0.2, 0) is 9.59 Å². The minimum Gasteiger partial charge on any atom is -0.299 e. The first-order valence-electron chi connectivity index (χ1n) is 13.5. The Kier molecular flexibility index (Phi) is 4.87. The zero-order valence-corrected chi connectivity index (χ0v) is 21.8. The summed E-state index contributed by atoms with van der Waals surface area (Å²) >= 11 is 0. The summed E-state index contributed by atoms with van der Waals surface area (Å²) in [5.74, 6) is 3.32. The van der Waals surface area contributed by atoms with Crippen LogP contribution in [-0.4, -0.2) is 11.6 Å². The van der Waals surface area contributed by atoms with Crippen LogP contribution < -0.4 is 0 Å². The highest BCUT2D eigenvalue weighted by atomic mass is 16.1. The molecule has 0 spiro atoms. The molecule has 0 bridgehead atoms. The standard InChI is InChI=1S/C30H46O2/c1-26(2)21-10-8-19-18-28(5)15-12-22-27(3,4)25(32)14-17-30(22,7)23(28)11-9-20(19)29(21,6)16-13-24(26)31/h8,20-23H,9-18H2,1-7H3/t20-,21+,22+,23-,28-,29+,30-/m0/s1. The van der Waals surface area contributed by atoms with Gasteiger partial charge < -0.3 is 0 Å². The van der Waals surface area contributed by atoms with E-state index in [1.54, 1.807) is 5.57 Å². The summed E-state index contributed by atoms with van der Waals surface area (Å²) in [6.07, 6.45) is 13.7. The molecule has 5 aliphatic carbocycles. The Morgan fingerprint density at radius 2 is 1.28 bits per heavy atom. The fraction of sp³-hybridized carbons (Fsp3) is 0.867. The van der Waals surface area contributed by atoms with Crippen molar-refractivity contribution in [3.05, 3.63) is 11.6 Å². The zero-order chi connectivity index (χ0) is 23.3. The molecule has 32 heavy (non-hydrogen) atoms. The van der Waals surface area contributed by atoms with E-state index >= 15 is 0 Å². The molecule has 4 saturated carbocycles. The van der Waals surface area contributed by atoms with Gasteiger partial charge in [0.15, 0.2) is 0 Å². The molecule has 0 radical (unpaired) electrons.